The SMILES string of the molecule is CCC(C)(C)c1ccc(OCCCNC(=O)NNc2nc(C)ns2)c(C(C)(C)CC)c1. The lowest BCUT2D eigenvalue weighted by Gasteiger charge is -2.30. The molecule has 31 heavy (non-hydrogen) atoms. The zero-order chi connectivity index (χ0) is 23.1. The minimum Gasteiger partial charge on any atom is -0.493 e. The van der Waals surface area contributed by atoms with Crippen LogP contribution in [0.5, 0.6) is 5.75 Å². The Morgan fingerprint density at radius 2 is 1.84 bits per heavy atom. The van der Waals surface area contributed by atoms with Crippen molar-refractivity contribution in [1.29, 1.82) is 0 Å². The fraction of sp³-hybridized carbons (Fsp3) is 0.609. The number of anilines is 1. The molecule has 0 aliphatic rings. The summed E-state index contributed by atoms with van der Waals surface area (Å²) in [5.41, 5.74) is 8.04. The average Bonchev–Trinajstić information content (AvgIpc) is 3.17. The van der Waals surface area contributed by atoms with Crippen LogP contribution in [-0.2, 0) is 10.8 Å². The van der Waals surface area contributed by atoms with Crippen LogP contribution in [0.1, 0.15) is 77.8 Å². The summed E-state index contributed by atoms with van der Waals surface area (Å²) in [6.07, 6.45) is 2.82. The number of aromatic nitrogens is 2. The topological polar surface area (TPSA) is 88.2 Å². The molecule has 0 saturated heterocycles. The van der Waals surface area contributed by atoms with Crippen LogP contribution in [0.25, 0.3) is 0 Å². The summed E-state index contributed by atoms with van der Waals surface area (Å²) in [5, 5.41) is 3.36. The van der Waals surface area contributed by atoms with Crippen molar-refractivity contribution in [2.45, 2.75) is 78.6 Å². The van der Waals surface area contributed by atoms with E-state index >= 15 is 0 Å². The molecule has 0 atom stereocenters. The Labute approximate surface area is 190 Å². The van der Waals surface area contributed by atoms with Crippen LogP contribution < -0.4 is 20.9 Å². The number of hydrazine groups is 1. The Bertz CT molecular complexity index is 863. The molecule has 0 unspecified atom stereocenters. The molecular weight excluding hydrogens is 410 g/mol. The minimum atomic E-state index is -0.313. The van der Waals surface area contributed by atoms with Gasteiger partial charge in [-0.1, -0.05) is 53.7 Å². The third-order valence-electron chi connectivity index (χ3n) is 5.93. The Kier molecular flexibility index (Phi) is 8.68. The highest BCUT2D eigenvalue weighted by atomic mass is 32.1. The third-order valence-corrected chi connectivity index (χ3v) is 6.65. The molecule has 1 aromatic heterocycles. The summed E-state index contributed by atoms with van der Waals surface area (Å²) in [4.78, 5) is 16.0. The van der Waals surface area contributed by atoms with Crippen molar-refractivity contribution in [3.8, 4) is 5.75 Å². The number of hydrogen-bond donors (Lipinski definition) is 3. The number of nitrogens with zero attached hydrogens (tertiary/aromatic N) is 2. The zero-order valence-corrected chi connectivity index (χ0v) is 20.7. The van der Waals surface area contributed by atoms with E-state index in [0.29, 0.717) is 30.5 Å². The van der Waals surface area contributed by atoms with Gasteiger partial charge in [0.25, 0.3) is 0 Å². The second-order valence-electron chi connectivity index (χ2n) is 9.04. The number of ether oxygens (including phenoxy) is 1. The van der Waals surface area contributed by atoms with Crippen LogP contribution in [0.15, 0.2) is 18.2 Å². The van der Waals surface area contributed by atoms with Gasteiger partial charge >= 0.3 is 6.03 Å². The largest absolute Gasteiger partial charge is 0.493 e. The molecular formula is C23H37N5O2S. The predicted molar refractivity (Wildman–Crippen MR) is 128 cm³/mol. The lowest BCUT2D eigenvalue weighted by Crippen LogP contribution is -2.39. The molecule has 0 fully saturated rings. The standard InChI is InChI=1S/C23H37N5O2S/c1-8-22(4,5)17-11-12-19(18(15-17)23(6,7)9-2)30-14-10-13-24-20(29)26-27-21-25-16(3)28-31-21/h11-12,15H,8-10,13-14H2,1-7H3,(H2,24,26,29)(H,25,27,28). The van der Waals surface area contributed by atoms with Gasteiger partial charge in [0.05, 0.1) is 6.61 Å². The second-order valence-corrected chi connectivity index (χ2v) is 9.79. The minimum absolute atomic E-state index is 0.0298. The molecule has 7 nitrogen and oxygen atoms in total. The number of benzene rings is 1. The van der Waals surface area contributed by atoms with Crippen LogP contribution in [0, 0.1) is 6.92 Å². The van der Waals surface area contributed by atoms with E-state index in [4.69, 9.17) is 4.74 Å². The van der Waals surface area contributed by atoms with E-state index in [9.17, 15) is 4.79 Å². The molecule has 3 N–H and O–H groups in total. The molecule has 0 aliphatic carbocycles. The fourth-order valence-corrected chi connectivity index (χ4v) is 3.49. The maximum absolute atomic E-state index is 11.9. The number of urea groups is 1. The molecule has 0 saturated carbocycles. The number of carbonyl (C=O) groups excluding carboxylic acids is 1. The zero-order valence-electron chi connectivity index (χ0n) is 19.9. The average molecular weight is 448 g/mol. The van der Waals surface area contributed by atoms with Crippen LogP contribution >= 0.6 is 11.5 Å². The third kappa shape index (κ3) is 7.09. The van der Waals surface area contributed by atoms with Gasteiger partial charge in [-0.3, -0.25) is 5.43 Å². The molecule has 0 bridgehead atoms. The van der Waals surface area contributed by atoms with Gasteiger partial charge in [0.15, 0.2) is 0 Å². The highest BCUT2D eigenvalue weighted by Crippen LogP contribution is 2.38. The van der Waals surface area contributed by atoms with Gasteiger partial charge in [-0.2, -0.15) is 4.37 Å². The Morgan fingerprint density at radius 3 is 2.45 bits per heavy atom. The van der Waals surface area contributed by atoms with Gasteiger partial charge in [-0.05, 0) is 48.6 Å². The Balaban J connectivity index is 1.87. The van der Waals surface area contributed by atoms with Gasteiger partial charge in [0, 0.05) is 23.6 Å². The molecule has 0 aliphatic heterocycles. The molecule has 0 spiro atoms. The van der Waals surface area contributed by atoms with E-state index in [1.54, 1.807) is 6.92 Å². The number of nitrogens with one attached hydrogen (secondary N) is 3. The summed E-state index contributed by atoms with van der Waals surface area (Å²) in [7, 11) is 0. The maximum atomic E-state index is 11.9. The monoisotopic (exact) mass is 447 g/mol. The van der Waals surface area contributed by atoms with Crippen molar-refractivity contribution >= 4 is 22.7 Å². The number of rotatable bonds is 11. The summed E-state index contributed by atoms with van der Waals surface area (Å²) in [6, 6.07) is 6.29. The second kappa shape index (κ2) is 10.8. The lowest BCUT2D eigenvalue weighted by atomic mass is 9.76. The number of hydrogen-bond acceptors (Lipinski definition) is 6. The number of carbonyl (C=O) groups is 1. The Hall–Kier alpha value is -2.35. The van der Waals surface area contributed by atoms with E-state index in [-0.39, 0.29) is 16.9 Å². The van der Waals surface area contributed by atoms with E-state index < -0.39 is 0 Å². The molecule has 0 radical (unpaired) electrons. The molecule has 1 aromatic carbocycles. The summed E-state index contributed by atoms with van der Waals surface area (Å²) < 4.78 is 10.2. The van der Waals surface area contributed by atoms with Gasteiger partial charge in [0.2, 0.25) is 5.13 Å². The quantitative estimate of drug-likeness (QED) is 0.321. The van der Waals surface area contributed by atoms with Crippen molar-refractivity contribution in [3.63, 3.8) is 0 Å². The summed E-state index contributed by atoms with van der Waals surface area (Å²) >= 11 is 1.20. The van der Waals surface area contributed by atoms with Crippen LogP contribution in [0.3, 0.4) is 0 Å². The normalized spacial score (nSPS) is 11.8. The lowest BCUT2D eigenvalue weighted by molar-refractivity contribution is 0.240. The molecule has 2 aromatic rings. The first kappa shape index (κ1) is 24.9. The van der Waals surface area contributed by atoms with Gasteiger partial charge < -0.3 is 10.1 Å². The first-order valence-electron chi connectivity index (χ1n) is 11.0. The molecule has 172 valence electrons. The van der Waals surface area contributed by atoms with E-state index in [1.807, 2.05) is 0 Å². The highest BCUT2D eigenvalue weighted by molar-refractivity contribution is 7.09. The molecule has 8 heteroatoms. The highest BCUT2D eigenvalue weighted by Gasteiger charge is 2.26. The van der Waals surface area contributed by atoms with Gasteiger partial charge in [-0.15, -0.1) is 0 Å². The van der Waals surface area contributed by atoms with Crippen molar-refractivity contribution in [2.75, 3.05) is 18.6 Å². The van der Waals surface area contributed by atoms with Gasteiger partial charge in [0.1, 0.15) is 11.6 Å². The smallest absolute Gasteiger partial charge is 0.333 e. The summed E-state index contributed by atoms with van der Waals surface area (Å²) in [5.74, 6) is 1.60. The predicted octanol–water partition coefficient (Wildman–Crippen LogP) is 5.32. The van der Waals surface area contributed by atoms with Crippen molar-refractivity contribution < 1.29 is 9.53 Å². The first-order valence-corrected chi connectivity index (χ1v) is 11.7. The molecule has 1 heterocycles. The maximum Gasteiger partial charge on any atom is 0.333 e. The number of aryl methyl sites for hydroxylation is 1. The molecule has 2 amide bonds. The number of amides is 2. The Morgan fingerprint density at radius 1 is 1.13 bits per heavy atom. The van der Waals surface area contributed by atoms with E-state index in [0.717, 1.165) is 18.6 Å². The first-order chi connectivity index (χ1) is 14.6. The van der Waals surface area contributed by atoms with E-state index in [1.165, 1.54) is 22.7 Å². The van der Waals surface area contributed by atoms with Crippen LogP contribution in [0.4, 0.5) is 9.93 Å². The van der Waals surface area contributed by atoms with Crippen molar-refractivity contribution in [3.05, 3.63) is 35.2 Å². The summed E-state index contributed by atoms with van der Waals surface area (Å²) in [6.45, 7) is 16.4. The van der Waals surface area contributed by atoms with Crippen LogP contribution in [-0.4, -0.2) is 28.5 Å². The fourth-order valence-electron chi connectivity index (χ4n) is 2.96. The van der Waals surface area contributed by atoms with Crippen molar-refractivity contribution in [2.24, 2.45) is 0 Å². The molecule has 2 rings (SSSR count). The van der Waals surface area contributed by atoms with Crippen molar-refractivity contribution in [1.82, 2.24) is 20.1 Å². The van der Waals surface area contributed by atoms with Gasteiger partial charge in [-0.25, -0.2) is 15.2 Å². The van der Waals surface area contributed by atoms with E-state index in [2.05, 4.69) is 85.3 Å². The van der Waals surface area contributed by atoms with Crippen LogP contribution in [0.2, 0.25) is 0 Å².